The molecule has 0 aliphatic heterocycles. The standard InChI is InChI=1S/C17H15NO3/c1-3-20-17(19)13-4-7-15(8-5-13)21-16-9-6-14(11-18)12(2)10-16/h4-10H,3H2,1-2H3. The molecule has 2 aromatic carbocycles. The molecule has 0 amide bonds. The lowest BCUT2D eigenvalue weighted by Gasteiger charge is -2.08. The third-order valence-electron chi connectivity index (χ3n) is 2.92. The Morgan fingerprint density at radius 1 is 1.14 bits per heavy atom. The lowest BCUT2D eigenvalue weighted by Crippen LogP contribution is -2.04. The van der Waals surface area contributed by atoms with Gasteiger partial charge in [0, 0.05) is 0 Å². The van der Waals surface area contributed by atoms with Gasteiger partial charge in [-0.2, -0.15) is 5.26 Å². The van der Waals surface area contributed by atoms with E-state index in [1.165, 1.54) is 0 Å². The van der Waals surface area contributed by atoms with Gasteiger partial charge in [-0.15, -0.1) is 0 Å². The average Bonchev–Trinajstić information content (AvgIpc) is 2.48. The predicted molar refractivity (Wildman–Crippen MR) is 78.4 cm³/mol. The number of esters is 1. The zero-order chi connectivity index (χ0) is 15.2. The quantitative estimate of drug-likeness (QED) is 0.799. The van der Waals surface area contributed by atoms with Crippen LogP contribution in [0, 0.1) is 18.3 Å². The maximum absolute atomic E-state index is 11.5. The molecular weight excluding hydrogens is 266 g/mol. The van der Waals surface area contributed by atoms with E-state index in [9.17, 15) is 4.79 Å². The van der Waals surface area contributed by atoms with Gasteiger partial charge in [0.15, 0.2) is 0 Å². The smallest absolute Gasteiger partial charge is 0.338 e. The first-order valence-corrected chi connectivity index (χ1v) is 6.60. The fraction of sp³-hybridized carbons (Fsp3) is 0.176. The number of ether oxygens (including phenoxy) is 2. The van der Waals surface area contributed by atoms with Crippen molar-refractivity contribution < 1.29 is 14.3 Å². The number of rotatable bonds is 4. The molecule has 0 atom stereocenters. The van der Waals surface area contributed by atoms with Crippen molar-refractivity contribution in [2.24, 2.45) is 0 Å². The Labute approximate surface area is 123 Å². The summed E-state index contributed by atoms with van der Waals surface area (Å²) in [5.74, 6) is 0.917. The molecule has 0 unspecified atom stereocenters. The zero-order valence-corrected chi connectivity index (χ0v) is 11.9. The van der Waals surface area contributed by atoms with E-state index >= 15 is 0 Å². The van der Waals surface area contributed by atoms with Crippen LogP contribution < -0.4 is 4.74 Å². The molecule has 0 spiro atoms. The Kier molecular flexibility index (Phi) is 4.57. The van der Waals surface area contributed by atoms with Crippen molar-refractivity contribution in [3.63, 3.8) is 0 Å². The molecule has 0 saturated heterocycles. The third kappa shape index (κ3) is 3.61. The molecule has 0 aromatic heterocycles. The van der Waals surface area contributed by atoms with Crippen LogP contribution in [0.2, 0.25) is 0 Å². The molecule has 0 aliphatic carbocycles. The van der Waals surface area contributed by atoms with Crippen LogP contribution in [0.25, 0.3) is 0 Å². The van der Waals surface area contributed by atoms with E-state index in [1.54, 1.807) is 49.4 Å². The van der Waals surface area contributed by atoms with Crippen LogP contribution in [-0.4, -0.2) is 12.6 Å². The monoisotopic (exact) mass is 281 g/mol. The van der Waals surface area contributed by atoms with Gasteiger partial charge in [0.2, 0.25) is 0 Å². The van der Waals surface area contributed by atoms with Gasteiger partial charge in [-0.1, -0.05) is 0 Å². The zero-order valence-electron chi connectivity index (χ0n) is 11.9. The first kappa shape index (κ1) is 14.6. The molecule has 0 bridgehead atoms. The van der Waals surface area contributed by atoms with Crippen LogP contribution in [0.5, 0.6) is 11.5 Å². The summed E-state index contributed by atoms with van der Waals surface area (Å²) >= 11 is 0. The van der Waals surface area contributed by atoms with Crippen LogP contribution in [0.3, 0.4) is 0 Å². The van der Waals surface area contributed by atoms with Crippen LogP contribution in [0.15, 0.2) is 42.5 Å². The summed E-state index contributed by atoms with van der Waals surface area (Å²) < 4.78 is 10.6. The van der Waals surface area contributed by atoms with Gasteiger partial charge in [0.1, 0.15) is 11.5 Å². The van der Waals surface area contributed by atoms with Gasteiger partial charge in [-0.25, -0.2) is 4.79 Å². The van der Waals surface area contributed by atoms with E-state index in [2.05, 4.69) is 6.07 Å². The second-order valence-electron chi connectivity index (χ2n) is 4.44. The highest BCUT2D eigenvalue weighted by Crippen LogP contribution is 2.24. The average molecular weight is 281 g/mol. The normalized spacial score (nSPS) is 9.76. The second kappa shape index (κ2) is 6.58. The molecule has 4 nitrogen and oxygen atoms in total. The number of nitriles is 1. The van der Waals surface area contributed by atoms with Crippen LogP contribution >= 0.6 is 0 Å². The predicted octanol–water partition coefficient (Wildman–Crippen LogP) is 3.84. The Morgan fingerprint density at radius 2 is 1.81 bits per heavy atom. The highest BCUT2D eigenvalue weighted by molar-refractivity contribution is 5.89. The molecule has 0 radical (unpaired) electrons. The summed E-state index contributed by atoms with van der Waals surface area (Å²) in [7, 11) is 0. The molecule has 0 saturated carbocycles. The van der Waals surface area contributed by atoms with Crippen LogP contribution in [-0.2, 0) is 4.74 Å². The molecule has 2 aromatic rings. The maximum atomic E-state index is 11.5. The minimum Gasteiger partial charge on any atom is -0.462 e. The first-order chi connectivity index (χ1) is 10.1. The summed E-state index contributed by atoms with van der Waals surface area (Å²) in [6.07, 6.45) is 0. The Bertz CT molecular complexity index is 684. The summed E-state index contributed by atoms with van der Waals surface area (Å²) in [5, 5.41) is 8.89. The fourth-order valence-electron chi connectivity index (χ4n) is 1.83. The van der Waals surface area contributed by atoms with Gasteiger partial charge in [-0.3, -0.25) is 0 Å². The van der Waals surface area contributed by atoms with Crippen molar-refractivity contribution in [3.8, 4) is 17.6 Å². The summed E-state index contributed by atoms with van der Waals surface area (Å²) in [5.41, 5.74) is 1.97. The minimum atomic E-state index is -0.349. The lowest BCUT2D eigenvalue weighted by atomic mass is 10.1. The SMILES string of the molecule is CCOC(=O)c1ccc(Oc2ccc(C#N)c(C)c2)cc1. The highest BCUT2D eigenvalue weighted by atomic mass is 16.5. The van der Waals surface area contributed by atoms with Gasteiger partial charge in [0.25, 0.3) is 0 Å². The van der Waals surface area contributed by atoms with Crippen molar-refractivity contribution in [3.05, 3.63) is 59.2 Å². The fourth-order valence-corrected chi connectivity index (χ4v) is 1.83. The number of carbonyl (C=O) groups is 1. The van der Waals surface area contributed by atoms with Crippen molar-refractivity contribution in [2.75, 3.05) is 6.61 Å². The lowest BCUT2D eigenvalue weighted by molar-refractivity contribution is 0.0526. The van der Waals surface area contributed by atoms with E-state index in [4.69, 9.17) is 14.7 Å². The largest absolute Gasteiger partial charge is 0.462 e. The molecule has 4 heteroatoms. The van der Waals surface area contributed by atoms with E-state index in [0.717, 1.165) is 5.56 Å². The topological polar surface area (TPSA) is 59.3 Å². The first-order valence-electron chi connectivity index (χ1n) is 6.60. The van der Waals surface area contributed by atoms with Crippen molar-refractivity contribution in [1.29, 1.82) is 5.26 Å². The van der Waals surface area contributed by atoms with Crippen LogP contribution in [0.1, 0.15) is 28.4 Å². The van der Waals surface area contributed by atoms with E-state index in [-0.39, 0.29) is 5.97 Å². The van der Waals surface area contributed by atoms with E-state index in [1.807, 2.05) is 6.92 Å². The minimum absolute atomic E-state index is 0.349. The number of hydrogen-bond acceptors (Lipinski definition) is 4. The van der Waals surface area contributed by atoms with Crippen molar-refractivity contribution in [1.82, 2.24) is 0 Å². The van der Waals surface area contributed by atoms with E-state index in [0.29, 0.717) is 29.2 Å². The Hall–Kier alpha value is -2.80. The molecule has 106 valence electrons. The Balaban J connectivity index is 2.12. The summed E-state index contributed by atoms with van der Waals surface area (Å²) in [6, 6.07) is 14.1. The molecule has 0 N–H and O–H groups in total. The number of hydrogen-bond donors (Lipinski definition) is 0. The third-order valence-corrected chi connectivity index (χ3v) is 2.92. The number of nitrogens with zero attached hydrogens (tertiary/aromatic N) is 1. The van der Waals surface area contributed by atoms with Gasteiger partial charge < -0.3 is 9.47 Å². The molecule has 2 rings (SSSR count). The van der Waals surface area contributed by atoms with Gasteiger partial charge in [-0.05, 0) is 61.9 Å². The molecule has 0 aliphatic rings. The number of benzene rings is 2. The maximum Gasteiger partial charge on any atom is 0.338 e. The summed E-state index contributed by atoms with van der Waals surface area (Å²) in [4.78, 5) is 11.5. The molecular formula is C17H15NO3. The van der Waals surface area contributed by atoms with E-state index < -0.39 is 0 Å². The molecule has 0 heterocycles. The number of aryl methyl sites for hydroxylation is 1. The summed E-state index contributed by atoms with van der Waals surface area (Å²) in [6.45, 7) is 3.97. The second-order valence-corrected chi connectivity index (χ2v) is 4.44. The van der Waals surface area contributed by atoms with Crippen LogP contribution in [0.4, 0.5) is 0 Å². The van der Waals surface area contributed by atoms with Gasteiger partial charge in [0.05, 0.1) is 23.8 Å². The Morgan fingerprint density at radius 3 is 2.38 bits per heavy atom. The van der Waals surface area contributed by atoms with Crippen molar-refractivity contribution in [2.45, 2.75) is 13.8 Å². The van der Waals surface area contributed by atoms with Gasteiger partial charge >= 0.3 is 5.97 Å². The molecule has 21 heavy (non-hydrogen) atoms. The van der Waals surface area contributed by atoms with Crippen molar-refractivity contribution >= 4 is 5.97 Å². The highest BCUT2D eigenvalue weighted by Gasteiger charge is 2.07. The molecule has 0 fully saturated rings. The number of carbonyl (C=O) groups excluding carboxylic acids is 1.